The molecular formula is C48H30N2S. The van der Waals surface area contributed by atoms with Gasteiger partial charge in [-0.2, -0.15) is 0 Å². The maximum Gasteiger partial charge on any atom is 0.0555 e. The molecule has 0 unspecified atom stereocenters. The van der Waals surface area contributed by atoms with Crippen molar-refractivity contribution in [2.45, 2.75) is 0 Å². The van der Waals surface area contributed by atoms with Crippen molar-refractivity contribution in [3.63, 3.8) is 0 Å². The van der Waals surface area contributed by atoms with E-state index in [1.165, 1.54) is 97.4 Å². The summed E-state index contributed by atoms with van der Waals surface area (Å²) in [6, 6.07) is 66.6. The van der Waals surface area contributed by atoms with Crippen molar-refractivity contribution >= 4 is 75.1 Å². The van der Waals surface area contributed by atoms with Crippen LogP contribution in [0.1, 0.15) is 0 Å². The van der Waals surface area contributed by atoms with Crippen LogP contribution in [0.2, 0.25) is 0 Å². The summed E-state index contributed by atoms with van der Waals surface area (Å²) >= 11 is 1.89. The van der Waals surface area contributed by atoms with Gasteiger partial charge in [0.25, 0.3) is 0 Å². The first-order chi connectivity index (χ1) is 25.3. The molecule has 0 atom stereocenters. The smallest absolute Gasteiger partial charge is 0.0555 e. The van der Waals surface area contributed by atoms with Crippen LogP contribution in [0.5, 0.6) is 0 Å². The molecule has 3 aromatic heterocycles. The van der Waals surface area contributed by atoms with Crippen molar-refractivity contribution in [2.24, 2.45) is 0 Å². The first-order valence-electron chi connectivity index (χ1n) is 17.4. The molecule has 51 heavy (non-hydrogen) atoms. The van der Waals surface area contributed by atoms with Gasteiger partial charge in [-0.05, 0) is 70.8 Å². The number of rotatable bonds is 4. The van der Waals surface area contributed by atoms with Crippen LogP contribution in [-0.2, 0) is 0 Å². The summed E-state index contributed by atoms with van der Waals surface area (Å²) in [4.78, 5) is 0. The second-order valence-corrected chi connectivity index (χ2v) is 14.4. The molecule has 2 nitrogen and oxygen atoms in total. The molecule has 0 amide bonds. The first kappa shape index (κ1) is 28.4. The van der Waals surface area contributed by atoms with Gasteiger partial charge in [-0.3, -0.25) is 0 Å². The number of thiophene rings is 1. The highest BCUT2D eigenvalue weighted by molar-refractivity contribution is 7.26. The molecule has 0 saturated heterocycles. The Labute approximate surface area is 298 Å². The van der Waals surface area contributed by atoms with E-state index in [1.54, 1.807) is 0 Å². The Kier molecular flexibility index (Phi) is 6.16. The largest absolute Gasteiger partial charge is 0.309 e. The van der Waals surface area contributed by atoms with Crippen LogP contribution >= 0.6 is 11.3 Å². The monoisotopic (exact) mass is 666 g/mol. The molecule has 11 rings (SSSR count). The summed E-state index contributed by atoms with van der Waals surface area (Å²) in [6.07, 6.45) is 0. The highest BCUT2D eigenvalue weighted by Crippen LogP contribution is 2.45. The van der Waals surface area contributed by atoms with E-state index in [4.69, 9.17) is 0 Å². The van der Waals surface area contributed by atoms with Gasteiger partial charge in [0, 0.05) is 47.4 Å². The molecule has 3 heteroatoms. The Morgan fingerprint density at radius 2 is 0.882 bits per heavy atom. The van der Waals surface area contributed by atoms with E-state index in [0.717, 1.165) is 0 Å². The molecule has 0 aliphatic carbocycles. The summed E-state index contributed by atoms with van der Waals surface area (Å²) in [7, 11) is 0. The number of hydrogen-bond donors (Lipinski definition) is 0. The molecule has 8 aromatic carbocycles. The number of nitrogens with zero attached hydrogens (tertiary/aromatic N) is 2. The second-order valence-electron chi connectivity index (χ2n) is 13.3. The summed E-state index contributed by atoms with van der Waals surface area (Å²) in [6.45, 7) is 0. The van der Waals surface area contributed by atoms with Gasteiger partial charge in [0.2, 0.25) is 0 Å². The van der Waals surface area contributed by atoms with Crippen molar-refractivity contribution < 1.29 is 0 Å². The maximum absolute atomic E-state index is 2.49. The van der Waals surface area contributed by atoms with Gasteiger partial charge in [-0.15, -0.1) is 11.3 Å². The maximum atomic E-state index is 2.49. The third-order valence-corrected chi connectivity index (χ3v) is 11.7. The van der Waals surface area contributed by atoms with Gasteiger partial charge < -0.3 is 9.13 Å². The van der Waals surface area contributed by atoms with Crippen LogP contribution in [0, 0.1) is 0 Å². The molecule has 3 heterocycles. The molecular weight excluding hydrogens is 637 g/mol. The Bertz CT molecular complexity index is 3070. The molecule has 0 radical (unpaired) electrons. The summed E-state index contributed by atoms with van der Waals surface area (Å²) in [5, 5.41) is 7.65. The van der Waals surface area contributed by atoms with Crippen molar-refractivity contribution in [1.82, 2.24) is 9.13 Å². The van der Waals surface area contributed by atoms with E-state index < -0.39 is 0 Å². The molecule has 0 bridgehead atoms. The van der Waals surface area contributed by atoms with Crippen LogP contribution in [0.15, 0.2) is 182 Å². The topological polar surface area (TPSA) is 9.86 Å². The first-order valence-corrected chi connectivity index (χ1v) is 18.3. The zero-order valence-corrected chi connectivity index (χ0v) is 28.4. The van der Waals surface area contributed by atoms with Crippen LogP contribution in [0.4, 0.5) is 0 Å². The lowest BCUT2D eigenvalue weighted by molar-refractivity contribution is 1.17. The highest BCUT2D eigenvalue weighted by atomic mass is 32.1. The van der Waals surface area contributed by atoms with Gasteiger partial charge in [-0.25, -0.2) is 0 Å². The Morgan fingerprint density at radius 1 is 0.353 bits per heavy atom. The molecule has 238 valence electrons. The van der Waals surface area contributed by atoms with Crippen molar-refractivity contribution in [1.29, 1.82) is 0 Å². The minimum Gasteiger partial charge on any atom is -0.309 e. The third kappa shape index (κ3) is 4.22. The fraction of sp³-hybridized carbons (Fsp3) is 0. The van der Waals surface area contributed by atoms with E-state index in [0.29, 0.717) is 0 Å². The standard InChI is InChI=1S/C48H30N2S/c1-2-12-31(13-3-1)32-22-24-33(25-23-32)35-27-29-45(47-39-17-7-11-21-46(39)51-48(35)47)50-43-20-10-6-16-38(43)40-30-34(26-28-44(40)50)49-41-18-8-4-14-36(41)37-15-5-9-19-42(37)49/h1-30H. The molecule has 0 aliphatic rings. The molecule has 0 saturated carbocycles. The minimum absolute atomic E-state index is 1.17. The Morgan fingerprint density at radius 3 is 1.59 bits per heavy atom. The summed E-state index contributed by atoms with van der Waals surface area (Å²) in [5.74, 6) is 0. The third-order valence-electron chi connectivity index (χ3n) is 10.5. The van der Waals surface area contributed by atoms with Crippen LogP contribution in [-0.4, -0.2) is 9.13 Å². The fourth-order valence-corrected chi connectivity index (χ4v) is 9.52. The normalized spacial score (nSPS) is 11.9. The Hall–Kier alpha value is -6.42. The van der Waals surface area contributed by atoms with E-state index in [9.17, 15) is 0 Å². The van der Waals surface area contributed by atoms with Gasteiger partial charge in [0.1, 0.15) is 0 Å². The lowest BCUT2D eigenvalue weighted by atomic mass is 9.98. The number of para-hydroxylation sites is 3. The molecule has 0 aliphatic heterocycles. The predicted molar refractivity (Wildman–Crippen MR) is 219 cm³/mol. The summed E-state index contributed by atoms with van der Waals surface area (Å²) in [5.41, 5.74) is 12.2. The number of aromatic nitrogens is 2. The van der Waals surface area contributed by atoms with E-state index >= 15 is 0 Å². The lowest BCUT2D eigenvalue weighted by Gasteiger charge is -2.14. The molecule has 0 N–H and O–H groups in total. The van der Waals surface area contributed by atoms with Gasteiger partial charge in [0.05, 0.1) is 27.8 Å². The van der Waals surface area contributed by atoms with Crippen LogP contribution in [0.3, 0.4) is 0 Å². The van der Waals surface area contributed by atoms with Crippen LogP contribution in [0.25, 0.3) is 97.4 Å². The van der Waals surface area contributed by atoms with Gasteiger partial charge in [-0.1, -0.05) is 133 Å². The van der Waals surface area contributed by atoms with E-state index in [1.807, 2.05) is 11.3 Å². The lowest BCUT2D eigenvalue weighted by Crippen LogP contribution is -1.97. The SMILES string of the molecule is c1ccc(-c2ccc(-c3ccc(-n4c5ccccc5c5cc(-n6c7ccccc7c7ccccc76)ccc54)c4c3sc3ccccc34)cc2)cc1. The van der Waals surface area contributed by atoms with Crippen molar-refractivity contribution in [2.75, 3.05) is 0 Å². The number of benzene rings is 8. The van der Waals surface area contributed by atoms with Crippen molar-refractivity contribution in [3.05, 3.63) is 182 Å². The quantitative estimate of drug-likeness (QED) is 0.177. The zero-order valence-electron chi connectivity index (χ0n) is 27.6. The van der Waals surface area contributed by atoms with Gasteiger partial charge in [0.15, 0.2) is 0 Å². The van der Waals surface area contributed by atoms with E-state index in [2.05, 4.69) is 191 Å². The van der Waals surface area contributed by atoms with Gasteiger partial charge >= 0.3 is 0 Å². The van der Waals surface area contributed by atoms with Crippen LogP contribution < -0.4 is 0 Å². The highest BCUT2D eigenvalue weighted by Gasteiger charge is 2.20. The predicted octanol–water partition coefficient (Wildman–Crippen LogP) is 13.6. The number of fused-ring (bicyclic) bond motifs is 9. The second kappa shape index (κ2) is 11.0. The summed E-state index contributed by atoms with van der Waals surface area (Å²) < 4.78 is 7.52. The average molecular weight is 667 g/mol. The molecule has 11 aromatic rings. The number of hydrogen-bond acceptors (Lipinski definition) is 1. The van der Waals surface area contributed by atoms with Crippen molar-refractivity contribution in [3.8, 4) is 33.6 Å². The minimum atomic E-state index is 1.17. The molecule has 0 spiro atoms. The average Bonchev–Trinajstić information content (AvgIpc) is 3.86. The molecule has 0 fully saturated rings. The van der Waals surface area contributed by atoms with E-state index in [-0.39, 0.29) is 0 Å². The Balaban J connectivity index is 1.15. The zero-order chi connectivity index (χ0) is 33.5. The fourth-order valence-electron chi connectivity index (χ4n) is 8.26.